The first kappa shape index (κ1) is 16.7. The molecule has 0 fully saturated rings. The van der Waals surface area contributed by atoms with Gasteiger partial charge in [-0.2, -0.15) is 0 Å². The Morgan fingerprint density at radius 1 is 1.50 bits per heavy atom. The predicted molar refractivity (Wildman–Crippen MR) is 75.2 cm³/mol. The summed E-state index contributed by atoms with van der Waals surface area (Å²) in [4.78, 5) is 22.4. The molecule has 0 spiro atoms. The van der Waals surface area contributed by atoms with Crippen molar-refractivity contribution in [1.82, 2.24) is 5.32 Å². The van der Waals surface area contributed by atoms with Gasteiger partial charge in [-0.15, -0.1) is 0 Å². The number of aliphatic carboxylic acids is 1. The molecule has 0 aliphatic heterocycles. The van der Waals surface area contributed by atoms with Gasteiger partial charge in [0.25, 0.3) is 0 Å². The van der Waals surface area contributed by atoms with Crippen LogP contribution in [0.4, 0.5) is 0 Å². The lowest BCUT2D eigenvalue weighted by atomic mass is 9.88. The number of nitrogens with two attached hydrogens (primary N) is 1. The van der Waals surface area contributed by atoms with Gasteiger partial charge < -0.3 is 20.9 Å². The Morgan fingerprint density at radius 3 is 2.55 bits per heavy atom. The van der Waals surface area contributed by atoms with E-state index in [9.17, 15) is 9.59 Å². The molecule has 0 radical (unpaired) electrons. The number of rotatable bonds is 6. The van der Waals surface area contributed by atoms with Crippen LogP contribution in [0.1, 0.15) is 40.0 Å². The van der Waals surface area contributed by atoms with Crippen molar-refractivity contribution >= 4 is 11.9 Å². The van der Waals surface area contributed by atoms with E-state index in [0.717, 1.165) is 12.8 Å². The third kappa shape index (κ3) is 4.31. The molecule has 0 saturated carbocycles. The van der Waals surface area contributed by atoms with Crippen LogP contribution in [0.2, 0.25) is 0 Å². The van der Waals surface area contributed by atoms with Gasteiger partial charge in [-0.25, -0.2) is 4.79 Å². The summed E-state index contributed by atoms with van der Waals surface area (Å²) in [5.41, 5.74) is 6.25. The molecule has 0 unspecified atom stereocenters. The molecular formula is C14H24N2O4. The van der Waals surface area contributed by atoms with Crippen molar-refractivity contribution in [3.8, 4) is 0 Å². The summed E-state index contributed by atoms with van der Waals surface area (Å²) >= 11 is 0. The second-order valence-electron chi connectivity index (χ2n) is 5.13. The molecule has 1 aliphatic carbocycles. The lowest BCUT2D eigenvalue weighted by Gasteiger charge is -2.36. The third-order valence-electron chi connectivity index (χ3n) is 3.54. The van der Waals surface area contributed by atoms with Crippen molar-refractivity contribution in [2.45, 2.75) is 64.3 Å². The van der Waals surface area contributed by atoms with Gasteiger partial charge in [0, 0.05) is 18.5 Å². The minimum atomic E-state index is -0.986. The van der Waals surface area contributed by atoms with Crippen molar-refractivity contribution in [3.63, 3.8) is 0 Å². The molecular weight excluding hydrogens is 260 g/mol. The highest BCUT2D eigenvalue weighted by Crippen LogP contribution is 2.23. The number of carbonyl (C=O) groups is 2. The standard InChI is InChI=1S/C14H24N2O4/c1-4-10(5-2)20-12-7-9(14(18)19)6-11(15)13(12)16-8(3)17/h7,10-13H,4-6,15H2,1-3H3,(H,16,17)(H,18,19)/t11-,12-,13-/m0/s1. The smallest absolute Gasteiger partial charge is 0.331 e. The molecule has 6 heteroatoms. The van der Waals surface area contributed by atoms with Crippen LogP contribution in [0.15, 0.2) is 11.6 Å². The van der Waals surface area contributed by atoms with Gasteiger partial charge in [-0.1, -0.05) is 13.8 Å². The first-order chi connectivity index (χ1) is 9.38. The molecule has 1 rings (SSSR count). The first-order valence-corrected chi connectivity index (χ1v) is 7.01. The van der Waals surface area contributed by atoms with E-state index in [2.05, 4.69) is 5.32 Å². The second kappa shape index (κ2) is 7.40. The Bertz CT molecular complexity index is 391. The zero-order chi connectivity index (χ0) is 15.3. The molecule has 3 atom stereocenters. The van der Waals surface area contributed by atoms with E-state index in [-0.39, 0.29) is 24.0 Å². The van der Waals surface area contributed by atoms with Gasteiger partial charge in [-0.05, 0) is 25.3 Å². The Hall–Kier alpha value is -1.40. The van der Waals surface area contributed by atoms with Crippen LogP contribution in [0.3, 0.4) is 0 Å². The minimum absolute atomic E-state index is 0.0212. The van der Waals surface area contributed by atoms with Gasteiger partial charge in [0.1, 0.15) is 0 Å². The normalized spacial score (nSPS) is 26.2. The second-order valence-corrected chi connectivity index (χ2v) is 5.13. The quantitative estimate of drug-likeness (QED) is 0.670. The molecule has 0 saturated heterocycles. The van der Waals surface area contributed by atoms with Gasteiger partial charge in [0.05, 0.1) is 18.2 Å². The van der Waals surface area contributed by atoms with Crippen molar-refractivity contribution in [2.75, 3.05) is 0 Å². The van der Waals surface area contributed by atoms with E-state index in [4.69, 9.17) is 15.6 Å². The number of carboxylic acid groups (broad SMARTS) is 1. The van der Waals surface area contributed by atoms with Gasteiger partial charge in [0.2, 0.25) is 5.91 Å². The maximum atomic E-state index is 11.3. The number of amides is 1. The van der Waals surface area contributed by atoms with E-state index < -0.39 is 24.2 Å². The molecule has 4 N–H and O–H groups in total. The van der Waals surface area contributed by atoms with Crippen molar-refractivity contribution in [1.29, 1.82) is 0 Å². The van der Waals surface area contributed by atoms with Crippen molar-refractivity contribution in [2.24, 2.45) is 5.73 Å². The minimum Gasteiger partial charge on any atom is -0.478 e. The van der Waals surface area contributed by atoms with E-state index >= 15 is 0 Å². The highest BCUT2D eigenvalue weighted by Gasteiger charge is 2.35. The third-order valence-corrected chi connectivity index (χ3v) is 3.54. The topological polar surface area (TPSA) is 102 Å². The largest absolute Gasteiger partial charge is 0.478 e. The molecule has 0 aromatic rings. The summed E-state index contributed by atoms with van der Waals surface area (Å²) in [6.45, 7) is 5.43. The summed E-state index contributed by atoms with van der Waals surface area (Å²) in [5.74, 6) is -1.18. The fourth-order valence-corrected chi connectivity index (χ4v) is 2.40. The first-order valence-electron chi connectivity index (χ1n) is 7.01. The lowest BCUT2D eigenvalue weighted by molar-refractivity contribution is -0.133. The van der Waals surface area contributed by atoms with Crippen LogP contribution in [0.5, 0.6) is 0 Å². The number of carbonyl (C=O) groups excluding carboxylic acids is 1. The monoisotopic (exact) mass is 284 g/mol. The zero-order valence-electron chi connectivity index (χ0n) is 12.3. The average Bonchev–Trinajstić information content (AvgIpc) is 2.38. The van der Waals surface area contributed by atoms with Crippen LogP contribution in [-0.4, -0.2) is 41.3 Å². The fourth-order valence-electron chi connectivity index (χ4n) is 2.40. The molecule has 0 aromatic heterocycles. The van der Waals surface area contributed by atoms with E-state index in [1.54, 1.807) is 6.08 Å². The van der Waals surface area contributed by atoms with E-state index in [0.29, 0.717) is 0 Å². The Balaban J connectivity index is 2.96. The summed E-state index contributed by atoms with van der Waals surface area (Å²) in [6, 6.07) is -0.856. The maximum absolute atomic E-state index is 11.3. The van der Waals surface area contributed by atoms with Crippen LogP contribution in [-0.2, 0) is 14.3 Å². The van der Waals surface area contributed by atoms with E-state index in [1.807, 2.05) is 13.8 Å². The average molecular weight is 284 g/mol. The van der Waals surface area contributed by atoms with Crippen LogP contribution in [0.25, 0.3) is 0 Å². The fraction of sp³-hybridized carbons (Fsp3) is 0.714. The van der Waals surface area contributed by atoms with Crippen molar-refractivity contribution in [3.05, 3.63) is 11.6 Å². The zero-order valence-corrected chi connectivity index (χ0v) is 12.3. The summed E-state index contributed by atoms with van der Waals surface area (Å²) in [6.07, 6.45) is 2.97. The van der Waals surface area contributed by atoms with E-state index in [1.165, 1.54) is 6.92 Å². The van der Waals surface area contributed by atoms with Crippen LogP contribution in [0, 0.1) is 0 Å². The number of carboxylic acids is 1. The van der Waals surface area contributed by atoms with Crippen LogP contribution < -0.4 is 11.1 Å². The number of ether oxygens (including phenoxy) is 1. The Labute approximate surface area is 119 Å². The molecule has 0 aromatic carbocycles. The summed E-state index contributed by atoms with van der Waals surface area (Å²) < 4.78 is 5.92. The van der Waals surface area contributed by atoms with Gasteiger partial charge in [0.15, 0.2) is 0 Å². The maximum Gasteiger partial charge on any atom is 0.331 e. The molecule has 0 heterocycles. The molecule has 1 aliphatic rings. The lowest BCUT2D eigenvalue weighted by Crippen LogP contribution is -2.57. The molecule has 1 amide bonds. The number of hydrogen-bond donors (Lipinski definition) is 3. The highest BCUT2D eigenvalue weighted by atomic mass is 16.5. The Kier molecular flexibility index (Phi) is 6.16. The summed E-state index contributed by atoms with van der Waals surface area (Å²) in [7, 11) is 0. The SMILES string of the molecule is CCC(CC)O[C@H]1C=C(C(=O)O)C[C@H](N)[C@@H]1NC(C)=O. The number of hydrogen-bond acceptors (Lipinski definition) is 4. The summed E-state index contributed by atoms with van der Waals surface area (Å²) in [5, 5.41) is 11.9. The molecule has 0 bridgehead atoms. The number of nitrogens with one attached hydrogen (secondary N) is 1. The van der Waals surface area contributed by atoms with Crippen LogP contribution >= 0.6 is 0 Å². The highest BCUT2D eigenvalue weighted by molar-refractivity contribution is 5.87. The molecule has 20 heavy (non-hydrogen) atoms. The van der Waals surface area contributed by atoms with Gasteiger partial charge >= 0.3 is 5.97 Å². The van der Waals surface area contributed by atoms with Crippen molar-refractivity contribution < 1.29 is 19.4 Å². The van der Waals surface area contributed by atoms with Gasteiger partial charge in [-0.3, -0.25) is 4.79 Å². The molecule has 6 nitrogen and oxygen atoms in total. The molecule has 114 valence electrons. The Morgan fingerprint density at radius 2 is 2.10 bits per heavy atom. The predicted octanol–water partition coefficient (Wildman–Crippen LogP) is 0.807.